The van der Waals surface area contributed by atoms with Crippen LogP contribution < -0.4 is 0 Å². The van der Waals surface area contributed by atoms with Crippen LogP contribution in [0.15, 0.2) is 47.2 Å². The molecular formula is C13H9BrClNO. The van der Waals surface area contributed by atoms with Gasteiger partial charge in [-0.3, -0.25) is 9.78 Å². The van der Waals surface area contributed by atoms with Crippen molar-refractivity contribution in [3.8, 4) is 0 Å². The predicted molar refractivity (Wildman–Crippen MR) is 71.4 cm³/mol. The Labute approximate surface area is 113 Å². The van der Waals surface area contributed by atoms with Crippen molar-refractivity contribution in [1.29, 1.82) is 0 Å². The van der Waals surface area contributed by atoms with E-state index >= 15 is 0 Å². The number of carbonyl (C=O) groups is 1. The number of pyridine rings is 1. The van der Waals surface area contributed by atoms with Gasteiger partial charge in [-0.25, -0.2) is 0 Å². The van der Waals surface area contributed by atoms with Gasteiger partial charge in [-0.1, -0.05) is 17.7 Å². The van der Waals surface area contributed by atoms with Crippen LogP contribution >= 0.6 is 27.5 Å². The second-order valence-electron chi connectivity index (χ2n) is 3.56. The van der Waals surface area contributed by atoms with E-state index in [1.807, 2.05) is 18.2 Å². The molecule has 0 saturated carbocycles. The molecule has 2 aromatic rings. The van der Waals surface area contributed by atoms with Crippen LogP contribution in [0.2, 0.25) is 5.02 Å². The van der Waals surface area contributed by atoms with Crippen LogP contribution in [-0.2, 0) is 6.42 Å². The fourth-order valence-electron chi connectivity index (χ4n) is 1.50. The Balaban J connectivity index is 2.24. The molecule has 2 rings (SSSR count). The zero-order chi connectivity index (χ0) is 12.3. The number of rotatable bonds is 3. The zero-order valence-corrected chi connectivity index (χ0v) is 11.2. The monoisotopic (exact) mass is 309 g/mol. The second kappa shape index (κ2) is 5.43. The Morgan fingerprint density at radius 3 is 2.65 bits per heavy atom. The summed E-state index contributed by atoms with van der Waals surface area (Å²) in [6, 6.07) is 8.99. The van der Waals surface area contributed by atoms with Crippen molar-refractivity contribution in [3.05, 3.63) is 63.3 Å². The maximum atomic E-state index is 12.1. The van der Waals surface area contributed by atoms with Crippen LogP contribution in [0.1, 0.15) is 15.9 Å². The molecule has 0 amide bonds. The van der Waals surface area contributed by atoms with Gasteiger partial charge in [0.2, 0.25) is 0 Å². The minimum Gasteiger partial charge on any atom is -0.294 e. The molecule has 0 fully saturated rings. The summed E-state index contributed by atoms with van der Waals surface area (Å²) in [6.45, 7) is 0. The zero-order valence-electron chi connectivity index (χ0n) is 8.86. The molecule has 0 aliphatic rings. The Kier molecular flexibility index (Phi) is 3.92. The maximum absolute atomic E-state index is 12.1. The van der Waals surface area contributed by atoms with Crippen molar-refractivity contribution >= 4 is 33.3 Å². The molecule has 0 unspecified atom stereocenters. The van der Waals surface area contributed by atoms with Gasteiger partial charge in [-0.05, 0) is 45.8 Å². The lowest BCUT2D eigenvalue weighted by Gasteiger charge is -2.05. The molecule has 0 bridgehead atoms. The molecule has 0 aliphatic heterocycles. The quantitative estimate of drug-likeness (QED) is 0.804. The largest absolute Gasteiger partial charge is 0.294 e. The Morgan fingerprint density at radius 1 is 1.24 bits per heavy atom. The summed E-state index contributed by atoms with van der Waals surface area (Å²) in [4.78, 5) is 16.0. The summed E-state index contributed by atoms with van der Waals surface area (Å²) in [5.74, 6) is 0.00231. The molecule has 1 heterocycles. The molecule has 1 aromatic carbocycles. The summed E-state index contributed by atoms with van der Waals surface area (Å²) >= 11 is 9.38. The van der Waals surface area contributed by atoms with Crippen molar-refractivity contribution in [2.75, 3.05) is 0 Å². The Hall–Kier alpha value is -1.19. The van der Waals surface area contributed by atoms with Gasteiger partial charge in [-0.15, -0.1) is 0 Å². The van der Waals surface area contributed by atoms with Gasteiger partial charge in [-0.2, -0.15) is 0 Å². The van der Waals surface area contributed by atoms with Crippen molar-refractivity contribution in [3.63, 3.8) is 0 Å². The lowest BCUT2D eigenvalue weighted by Crippen LogP contribution is -2.04. The molecular weight excluding hydrogens is 302 g/mol. The molecule has 0 N–H and O–H groups in total. The van der Waals surface area contributed by atoms with E-state index in [1.165, 1.54) is 0 Å². The molecule has 17 heavy (non-hydrogen) atoms. The molecule has 0 saturated heterocycles. The predicted octanol–water partition coefficient (Wildman–Crippen LogP) is 3.92. The number of halogens is 2. The molecule has 4 heteroatoms. The average Bonchev–Trinajstić information content (AvgIpc) is 2.34. The van der Waals surface area contributed by atoms with E-state index in [0.29, 0.717) is 17.0 Å². The molecule has 0 atom stereocenters. The topological polar surface area (TPSA) is 30.0 Å². The summed E-state index contributed by atoms with van der Waals surface area (Å²) in [5, 5.41) is 0.464. The summed E-state index contributed by atoms with van der Waals surface area (Å²) < 4.78 is 0.736. The van der Waals surface area contributed by atoms with Crippen LogP contribution in [-0.4, -0.2) is 10.8 Å². The van der Waals surface area contributed by atoms with Crippen molar-refractivity contribution in [1.82, 2.24) is 4.98 Å². The normalized spacial score (nSPS) is 10.2. The molecule has 1 aromatic heterocycles. The lowest BCUT2D eigenvalue weighted by atomic mass is 10.0. The van der Waals surface area contributed by atoms with E-state index in [9.17, 15) is 4.79 Å². The first-order valence-electron chi connectivity index (χ1n) is 5.04. The van der Waals surface area contributed by atoms with Gasteiger partial charge in [0.05, 0.1) is 5.02 Å². The van der Waals surface area contributed by atoms with E-state index in [1.54, 1.807) is 24.5 Å². The Morgan fingerprint density at radius 2 is 1.94 bits per heavy atom. The summed E-state index contributed by atoms with van der Waals surface area (Å²) in [5.41, 5.74) is 1.47. The SMILES string of the molecule is O=C(Cc1ccncc1)c1cccc(Br)c1Cl. The minimum atomic E-state index is 0.00231. The number of nitrogens with zero attached hydrogens (tertiary/aromatic N) is 1. The van der Waals surface area contributed by atoms with E-state index in [-0.39, 0.29) is 5.78 Å². The second-order valence-corrected chi connectivity index (χ2v) is 4.79. The van der Waals surface area contributed by atoms with Gasteiger partial charge in [0.25, 0.3) is 0 Å². The van der Waals surface area contributed by atoms with Crippen LogP contribution in [0.4, 0.5) is 0 Å². The highest BCUT2D eigenvalue weighted by molar-refractivity contribution is 9.10. The third kappa shape index (κ3) is 2.93. The van der Waals surface area contributed by atoms with Gasteiger partial charge in [0, 0.05) is 28.9 Å². The lowest BCUT2D eigenvalue weighted by molar-refractivity contribution is 0.0993. The van der Waals surface area contributed by atoms with E-state index in [0.717, 1.165) is 10.0 Å². The first kappa shape index (κ1) is 12.3. The number of aromatic nitrogens is 1. The van der Waals surface area contributed by atoms with Crippen LogP contribution in [0, 0.1) is 0 Å². The maximum Gasteiger partial charge on any atom is 0.168 e. The fraction of sp³-hybridized carbons (Fsp3) is 0.0769. The van der Waals surface area contributed by atoms with E-state index in [2.05, 4.69) is 20.9 Å². The molecule has 86 valence electrons. The molecule has 0 radical (unpaired) electrons. The molecule has 0 aliphatic carbocycles. The van der Waals surface area contributed by atoms with Gasteiger partial charge in [0.15, 0.2) is 5.78 Å². The Bertz CT molecular complexity index is 542. The van der Waals surface area contributed by atoms with Crippen molar-refractivity contribution in [2.24, 2.45) is 0 Å². The highest BCUT2D eigenvalue weighted by atomic mass is 79.9. The fourth-order valence-corrected chi connectivity index (χ4v) is 2.10. The summed E-state index contributed by atoms with van der Waals surface area (Å²) in [6.07, 6.45) is 3.68. The average molecular weight is 311 g/mol. The molecule has 2 nitrogen and oxygen atoms in total. The highest BCUT2D eigenvalue weighted by Gasteiger charge is 2.12. The number of hydrogen-bond acceptors (Lipinski definition) is 2. The van der Waals surface area contributed by atoms with Crippen LogP contribution in [0.25, 0.3) is 0 Å². The number of hydrogen-bond donors (Lipinski definition) is 0. The minimum absolute atomic E-state index is 0.00231. The molecule has 0 spiro atoms. The van der Waals surface area contributed by atoms with Gasteiger partial charge < -0.3 is 0 Å². The standard InChI is InChI=1S/C13H9BrClNO/c14-11-3-1-2-10(13(11)15)12(17)8-9-4-6-16-7-5-9/h1-7H,8H2. The van der Waals surface area contributed by atoms with Crippen molar-refractivity contribution in [2.45, 2.75) is 6.42 Å². The van der Waals surface area contributed by atoms with Crippen molar-refractivity contribution < 1.29 is 4.79 Å². The van der Waals surface area contributed by atoms with Gasteiger partial charge in [0.1, 0.15) is 0 Å². The summed E-state index contributed by atoms with van der Waals surface area (Å²) in [7, 11) is 0. The number of carbonyl (C=O) groups excluding carboxylic acids is 1. The van der Waals surface area contributed by atoms with E-state index in [4.69, 9.17) is 11.6 Å². The number of benzene rings is 1. The van der Waals surface area contributed by atoms with Crippen LogP contribution in [0.5, 0.6) is 0 Å². The third-order valence-corrected chi connectivity index (χ3v) is 3.66. The van der Waals surface area contributed by atoms with Crippen LogP contribution in [0.3, 0.4) is 0 Å². The highest BCUT2D eigenvalue weighted by Crippen LogP contribution is 2.26. The smallest absolute Gasteiger partial charge is 0.168 e. The first-order chi connectivity index (χ1) is 8.18. The van der Waals surface area contributed by atoms with Gasteiger partial charge >= 0.3 is 0 Å². The third-order valence-electron chi connectivity index (χ3n) is 2.37. The van der Waals surface area contributed by atoms with E-state index < -0.39 is 0 Å². The number of ketones is 1. The first-order valence-corrected chi connectivity index (χ1v) is 6.21. The number of Topliss-reactive ketones (excluding diaryl/α,β-unsaturated/α-hetero) is 1.